The maximum Gasteiger partial charge on any atom is 0.255 e. The van der Waals surface area contributed by atoms with Gasteiger partial charge in [-0.3, -0.25) is 14.2 Å². The van der Waals surface area contributed by atoms with Gasteiger partial charge in [0.05, 0.1) is 0 Å². The number of hydrogen-bond acceptors (Lipinski definition) is 3. The molecule has 0 aliphatic heterocycles. The van der Waals surface area contributed by atoms with E-state index in [1.807, 2.05) is 6.92 Å². The number of halogens is 1. The van der Waals surface area contributed by atoms with E-state index in [4.69, 9.17) is 11.6 Å². The molecule has 1 aromatic heterocycles. The van der Waals surface area contributed by atoms with Crippen LogP contribution >= 0.6 is 11.6 Å². The van der Waals surface area contributed by atoms with Gasteiger partial charge in [-0.1, -0.05) is 24.9 Å². The van der Waals surface area contributed by atoms with Gasteiger partial charge in [-0.2, -0.15) is 0 Å². The highest BCUT2D eigenvalue weighted by Crippen LogP contribution is 2.01. The molecule has 0 radical (unpaired) electrons. The highest BCUT2D eigenvalue weighted by atomic mass is 35.5. The molecule has 6 heteroatoms. The minimum atomic E-state index is -0.314. The van der Waals surface area contributed by atoms with Gasteiger partial charge >= 0.3 is 0 Å². The van der Waals surface area contributed by atoms with E-state index in [0.29, 0.717) is 5.82 Å². The largest absolute Gasteiger partial charge is 0.352 e. The van der Waals surface area contributed by atoms with Gasteiger partial charge in [-0.15, -0.1) is 0 Å². The molecule has 0 spiro atoms. The summed E-state index contributed by atoms with van der Waals surface area (Å²) in [5.74, 6) is 0.246. The second kappa shape index (κ2) is 6.54. The fourth-order valence-corrected chi connectivity index (χ4v) is 1.96. The maximum atomic E-state index is 11.8. The Kier molecular flexibility index (Phi) is 5.34. The van der Waals surface area contributed by atoms with Crippen LogP contribution in [0.25, 0.3) is 0 Å². The van der Waals surface area contributed by atoms with Crippen LogP contribution in [-0.2, 0) is 11.3 Å². The normalized spacial score (nSPS) is 12.2. The fourth-order valence-electron chi connectivity index (χ4n) is 1.75. The van der Waals surface area contributed by atoms with Gasteiger partial charge < -0.3 is 5.32 Å². The first-order valence-electron chi connectivity index (χ1n) is 5.97. The van der Waals surface area contributed by atoms with Crippen LogP contribution in [0.15, 0.2) is 10.9 Å². The number of hydrogen-bond donors (Lipinski definition) is 1. The second-order valence-corrected chi connectivity index (χ2v) is 4.69. The quantitative estimate of drug-likeness (QED) is 0.826. The number of nitrogens with one attached hydrogen (secondary N) is 1. The van der Waals surface area contributed by atoms with Gasteiger partial charge in [-0.05, 0) is 20.3 Å². The molecule has 18 heavy (non-hydrogen) atoms. The van der Waals surface area contributed by atoms with Crippen molar-refractivity contribution >= 4 is 17.5 Å². The van der Waals surface area contributed by atoms with Gasteiger partial charge in [0.25, 0.3) is 5.56 Å². The molecular formula is C12H18ClN3O2. The monoisotopic (exact) mass is 271 g/mol. The predicted molar refractivity (Wildman–Crippen MR) is 70.8 cm³/mol. The van der Waals surface area contributed by atoms with E-state index in [-0.39, 0.29) is 29.2 Å². The van der Waals surface area contributed by atoms with Gasteiger partial charge in [0.15, 0.2) is 0 Å². The van der Waals surface area contributed by atoms with Crippen LogP contribution in [0.3, 0.4) is 0 Å². The summed E-state index contributed by atoms with van der Waals surface area (Å²) >= 11 is 5.66. The molecule has 1 atom stereocenters. The predicted octanol–water partition coefficient (Wildman–Crippen LogP) is 1.51. The van der Waals surface area contributed by atoms with Crippen LogP contribution in [0.1, 0.15) is 32.5 Å². The van der Waals surface area contributed by atoms with Crippen LogP contribution in [0, 0.1) is 6.92 Å². The standard InChI is InChI=1S/C12H18ClN3O2/c1-4-5-8(2)14-11(17)7-16-9(3)15-10(13)6-12(16)18/h6,8H,4-5,7H2,1-3H3,(H,14,17). The van der Waals surface area contributed by atoms with Crippen molar-refractivity contribution in [2.24, 2.45) is 0 Å². The molecule has 1 N–H and O–H groups in total. The Balaban J connectivity index is 2.74. The molecule has 0 saturated heterocycles. The summed E-state index contributed by atoms with van der Waals surface area (Å²) < 4.78 is 1.31. The summed E-state index contributed by atoms with van der Waals surface area (Å²) in [4.78, 5) is 27.4. The lowest BCUT2D eigenvalue weighted by molar-refractivity contribution is -0.122. The third-order valence-electron chi connectivity index (χ3n) is 2.60. The Labute approximate surface area is 111 Å². The Morgan fingerprint density at radius 2 is 2.28 bits per heavy atom. The van der Waals surface area contributed by atoms with Crippen molar-refractivity contribution in [1.29, 1.82) is 0 Å². The summed E-state index contributed by atoms with van der Waals surface area (Å²) in [5, 5.41) is 2.99. The van der Waals surface area contributed by atoms with Crippen molar-refractivity contribution < 1.29 is 4.79 Å². The molecule has 1 amide bonds. The molecule has 0 aliphatic rings. The molecule has 1 rings (SSSR count). The fraction of sp³-hybridized carbons (Fsp3) is 0.583. The molecule has 0 saturated carbocycles. The number of aryl methyl sites for hydroxylation is 1. The minimum Gasteiger partial charge on any atom is -0.352 e. The number of aromatic nitrogens is 2. The zero-order chi connectivity index (χ0) is 13.7. The molecule has 1 unspecified atom stereocenters. The second-order valence-electron chi connectivity index (χ2n) is 4.31. The number of rotatable bonds is 5. The summed E-state index contributed by atoms with van der Waals surface area (Å²) in [7, 11) is 0. The SMILES string of the molecule is CCCC(C)NC(=O)Cn1c(C)nc(Cl)cc1=O. The van der Waals surface area contributed by atoms with Crippen molar-refractivity contribution in [2.75, 3.05) is 0 Å². The Morgan fingerprint density at radius 3 is 2.83 bits per heavy atom. The van der Waals surface area contributed by atoms with Crippen molar-refractivity contribution in [2.45, 2.75) is 46.2 Å². The minimum absolute atomic E-state index is 0.0249. The van der Waals surface area contributed by atoms with Crippen molar-refractivity contribution in [1.82, 2.24) is 14.9 Å². The summed E-state index contributed by atoms with van der Waals surface area (Å²) in [6, 6.07) is 1.32. The molecule has 0 fully saturated rings. The summed E-state index contributed by atoms with van der Waals surface area (Å²) in [6.07, 6.45) is 1.92. The smallest absolute Gasteiger partial charge is 0.255 e. The first-order valence-corrected chi connectivity index (χ1v) is 6.35. The van der Waals surface area contributed by atoms with E-state index in [1.165, 1.54) is 10.6 Å². The number of carbonyl (C=O) groups excluding carboxylic acids is 1. The first kappa shape index (κ1) is 14.7. The van der Waals surface area contributed by atoms with Crippen molar-refractivity contribution in [3.63, 3.8) is 0 Å². The van der Waals surface area contributed by atoms with Gasteiger partial charge in [0.1, 0.15) is 17.5 Å². The molecular weight excluding hydrogens is 254 g/mol. The zero-order valence-corrected chi connectivity index (χ0v) is 11.6. The Morgan fingerprint density at radius 1 is 1.61 bits per heavy atom. The summed E-state index contributed by atoms with van der Waals surface area (Å²) in [5.41, 5.74) is -0.314. The average molecular weight is 272 g/mol. The number of amides is 1. The van der Waals surface area contributed by atoms with Crippen LogP contribution in [-0.4, -0.2) is 21.5 Å². The van der Waals surface area contributed by atoms with E-state index in [9.17, 15) is 9.59 Å². The third kappa shape index (κ3) is 4.14. The van der Waals surface area contributed by atoms with Crippen LogP contribution in [0.2, 0.25) is 5.15 Å². The molecule has 1 aromatic rings. The highest BCUT2D eigenvalue weighted by molar-refractivity contribution is 6.29. The molecule has 0 aliphatic carbocycles. The lowest BCUT2D eigenvalue weighted by Crippen LogP contribution is -2.38. The number of carbonyl (C=O) groups is 1. The average Bonchev–Trinajstić information content (AvgIpc) is 2.23. The van der Waals surface area contributed by atoms with E-state index in [0.717, 1.165) is 12.8 Å². The van der Waals surface area contributed by atoms with Crippen LogP contribution in [0.4, 0.5) is 0 Å². The van der Waals surface area contributed by atoms with Crippen LogP contribution < -0.4 is 10.9 Å². The number of nitrogens with zero attached hydrogens (tertiary/aromatic N) is 2. The third-order valence-corrected chi connectivity index (χ3v) is 2.79. The molecule has 100 valence electrons. The maximum absolute atomic E-state index is 11.8. The van der Waals surface area contributed by atoms with Crippen molar-refractivity contribution in [3.05, 3.63) is 27.4 Å². The summed E-state index contributed by atoms with van der Waals surface area (Å²) in [6.45, 7) is 5.62. The molecule has 0 aromatic carbocycles. The van der Waals surface area contributed by atoms with E-state index in [1.54, 1.807) is 6.92 Å². The molecule has 1 heterocycles. The molecule has 0 bridgehead atoms. The van der Waals surface area contributed by atoms with Crippen molar-refractivity contribution in [3.8, 4) is 0 Å². The zero-order valence-electron chi connectivity index (χ0n) is 10.9. The van der Waals surface area contributed by atoms with Gasteiger partial charge in [0, 0.05) is 12.1 Å². The Bertz CT molecular complexity index is 485. The van der Waals surface area contributed by atoms with Crippen LogP contribution in [0.5, 0.6) is 0 Å². The molecule has 5 nitrogen and oxygen atoms in total. The van der Waals surface area contributed by atoms with E-state index in [2.05, 4.69) is 17.2 Å². The first-order chi connectivity index (χ1) is 8.43. The lowest BCUT2D eigenvalue weighted by Gasteiger charge is -2.14. The van der Waals surface area contributed by atoms with Gasteiger partial charge in [0.2, 0.25) is 5.91 Å². The topological polar surface area (TPSA) is 64.0 Å². The Hall–Kier alpha value is -1.36. The van der Waals surface area contributed by atoms with E-state index >= 15 is 0 Å². The lowest BCUT2D eigenvalue weighted by atomic mass is 10.2. The van der Waals surface area contributed by atoms with E-state index < -0.39 is 0 Å². The highest BCUT2D eigenvalue weighted by Gasteiger charge is 2.10. The van der Waals surface area contributed by atoms with Gasteiger partial charge in [-0.25, -0.2) is 4.98 Å².